The molecule has 2 aromatic rings. The number of aliphatic imine (C=N–C) groups is 1. The van der Waals surface area contributed by atoms with E-state index in [-0.39, 0.29) is 0 Å². The summed E-state index contributed by atoms with van der Waals surface area (Å²) in [6, 6.07) is 15.9. The van der Waals surface area contributed by atoms with E-state index in [1.165, 1.54) is 31.2 Å². The van der Waals surface area contributed by atoms with E-state index in [9.17, 15) is 0 Å². The number of rotatable bonds is 6. The summed E-state index contributed by atoms with van der Waals surface area (Å²) in [6.45, 7) is 0. The highest BCUT2D eigenvalue weighted by Crippen LogP contribution is 2.35. The van der Waals surface area contributed by atoms with Gasteiger partial charge in [-0.3, -0.25) is 0 Å². The van der Waals surface area contributed by atoms with Crippen molar-refractivity contribution >= 4 is 23.3 Å². The molecule has 1 aliphatic rings. The zero-order valence-corrected chi connectivity index (χ0v) is 14.9. The van der Waals surface area contributed by atoms with Gasteiger partial charge in [-0.05, 0) is 31.0 Å². The molecule has 24 heavy (non-hydrogen) atoms. The second-order valence-corrected chi connectivity index (χ2v) is 7.37. The maximum atomic E-state index is 6.13. The van der Waals surface area contributed by atoms with Gasteiger partial charge in [-0.1, -0.05) is 43.2 Å². The molecule has 3 rings (SSSR count). The Morgan fingerprint density at radius 1 is 1.17 bits per heavy atom. The Morgan fingerprint density at radius 3 is 2.62 bits per heavy atom. The fraction of sp³-hybridized carbons (Fsp3) is 0.350. The highest BCUT2D eigenvalue weighted by atomic mass is 32.2. The molecule has 126 valence electrons. The van der Waals surface area contributed by atoms with Gasteiger partial charge in [0.2, 0.25) is 0 Å². The molecule has 2 N–H and O–H groups in total. The Balaban J connectivity index is 1.77. The van der Waals surface area contributed by atoms with E-state index in [0.29, 0.717) is 5.84 Å². The van der Waals surface area contributed by atoms with E-state index < -0.39 is 0 Å². The lowest BCUT2D eigenvalue weighted by Crippen LogP contribution is -2.12. The molecule has 0 bridgehead atoms. The van der Waals surface area contributed by atoms with Crippen LogP contribution in [0, 0.1) is 0 Å². The summed E-state index contributed by atoms with van der Waals surface area (Å²) in [5.41, 5.74) is 9.14. The second kappa shape index (κ2) is 8.25. The normalized spacial score (nSPS) is 15.6. The number of methoxy groups -OCH3 is 1. The molecule has 0 aromatic heterocycles. The molecule has 3 nitrogen and oxygen atoms in total. The molecule has 0 amide bonds. The van der Waals surface area contributed by atoms with Crippen molar-refractivity contribution in [3.63, 3.8) is 0 Å². The number of hydrogen-bond donors (Lipinski definition) is 1. The molecule has 0 aliphatic heterocycles. The zero-order chi connectivity index (χ0) is 16.8. The molecule has 0 heterocycles. The van der Waals surface area contributed by atoms with E-state index in [4.69, 9.17) is 10.5 Å². The van der Waals surface area contributed by atoms with E-state index in [0.717, 1.165) is 28.0 Å². The minimum Gasteiger partial charge on any atom is -0.496 e. The van der Waals surface area contributed by atoms with E-state index >= 15 is 0 Å². The maximum absolute atomic E-state index is 6.13. The fourth-order valence-electron chi connectivity index (χ4n) is 3.02. The summed E-state index contributed by atoms with van der Waals surface area (Å²) in [4.78, 5) is 4.57. The minimum atomic E-state index is 0.537. The Labute approximate surface area is 148 Å². The number of nitrogens with two attached hydrogens (primary N) is 1. The first-order chi connectivity index (χ1) is 11.8. The number of benzene rings is 2. The van der Waals surface area contributed by atoms with Gasteiger partial charge in [0.05, 0.1) is 12.8 Å². The summed E-state index contributed by atoms with van der Waals surface area (Å²) in [5.74, 6) is 2.43. The SMILES string of the molecule is COc1ccc(N=C(N)c2ccccc2)cc1CSC1CCCC1. The van der Waals surface area contributed by atoms with E-state index in [1.54, 1.807) is 7.11 Å². The van der Waals surface area contributed by atoms with Crippen LogP contribution in [0.4, 0.5) is 5.69 Å². The van der Waals surface area contributed by atoms with E-state index in [1.807, 2.05) is 54.2 Å². The first-order valence-corrected chi connectivity index (χ1v) is 9.49. The van der Waals surface area contributed by atoms with Crippen molar-refractivity contribution in [2.75, 3.05) is 7.11 Å². The van der Waals surface area contributed by atoms with Gasteiger partial charge in [0.15, 0.2) is 0 Å². The zero-order valence-electron chi connectivity index (χ0n) is 14.1. The molecule has 0 unspecified atom stereocenters. The summed E-state index contributed by atoms with van der Waals surface area (Å²) in [6.07, 6.45) is 5.41. The highest BCUT2D eigenvalue weighted by molar-refractivity contribution is 7.99. The largest absolute Gasteiger partial charge is 0.496 e. The number of amidine groups is 1. The quantitative estimate of drug-likeness (QED) is 0.600. The Hall–Kier alpha value is -1.94. The topological polar surface area (TPSA) is 47.6 Å². The monoisotopic (exact) mass is 340 g/mol. The molecule has 1 aliphatic carbocycles. The third-order valence-electron chi connectivity index (χ3n) is 4.36. The summed E-state index contributed by atoms with van der Waals surface area (Å²) >= 11 is 2.03. The van der Waals surface area contributed by atoms with Gasteiger partial charge in [-0.25, -0.2) is 4.99 Å². The van der Waals surface area contributed by atoms with Gasteiger partial charge in [0, 0.05) is 22.1 Å². The Morgan fingerprint density at radius 2 is 1.92 bits per heavy atom. The number of hydrogen-bond acceptors (Lipinski definition) is 3. The lowest BCUT2D eigenvalue weighted by atomic mass is 10.2. The molecule has 0 atom stereocenters. The maximum Gasteiger partial charge on any atom is 0.131 e. The van der Waals surface area contributed by atoms with Crippen LogP contribution in [-0.4, -0.2) is 18.2 Å². The predicted molar refractivity (Wildman–Crippen MR) is 103 cm³/mol. The summed E-state index contributed by atoms with van der Waals surface area (Å²) in [7, 11) is 1.72. The second-order valence-electron chi connectivity index (χ2n) is 6.08. The van der Waals surface area contributed by atoms with Gasteiger partial charge in [-0.2, -0.15) is 11.8 Å². The van der Waals surface area contributed by atoms with Crippen molar-refractivity contribution < 1.29 is 4.74 Å². The minimum absolute atomic E-state index is 0.537. The molecule has 1 fully saturated rings. The van der Waals surface area contributed by atoms with Crippen LogP contribution >= 0.6 is 11.8 Å². The van der Waals surface area contributed by atoms with Crippen LogP contribution in [0.5, 0.6) is 5.75 Å². The van der Waals surface area contributed by atoms with Gasteiger partial charge < -0.3 is 10.5 Å². The smallest absolute Gasteiger partial charge is 0.131 e. The first-order valence-electron chi connectivity index (χ1n) is 8.44. The molecule has 2 aromatic carbocycles. The molecule has 4 heteroatoms. The predicted octanol–water partition coefficient (Wildman–Crippen LogP) is 4.91. The molecule has 0 radical (unpaired) electrons. The van der Waals surface area contributed by atoms with Crippen molar-refractivity contribution in [1.29, 1.82) is 0 Å². The van der Waals surface area contributed by atoms with Crippen molar-refractivity contribution in [2.24, 2.45) is 10.7 Å². The van der Waals surface area contributed by atoms with Crippen LogP contribution < -0.4 is 10.5 Å². The highest BCUT2D eigenvalue weighted by Gasteiger charge is 2.16. The number of ether oxygens (including phenoxy) is 1. The molecule has 0 saturated heterocycles. The van der Waals surface area contributed by atoms with Crippen LogP contribution in [0.2, 0.25) is 0 Å². The Bertz CT molecular complexity index is 694. The summed E-state index contributed by atoms with van der Waals surface area (Å²) < 4.78 is 5.51. The van der Waals surface area contributed by atoms with Crippen LogP contribution in [-0.2, 0) is 5.75 Å². The number of thioether (sulfide) groups is 1. The van der Waals surface area contributed by atoms with Gasteiger partial charge in [-0.15, -0.1) is 0 Å². The standard InChI is InChI=1S/C20H24N2OS/c1-23-19-12-11-17(22-20(21)15-7-3-2-4-8-15)13-16(19)14-24-18-9-5-6-10-18/h2-4,7-8,11-13,18H,5-6,9-10,14H2,1H3,(H2,21,22). The molecule has 0 spiro atoms. The molecule has 1 saturated carbocycles. The van der Waals surface area contributed by atoms with Crippen molar-refractivity contribution in [3.05, 3.63) is 59.7 Å². The first kappa shape index (κ1) is 16.9. The lowest BCUT2D eigenvalue weighted by Gasteiger charge is -2.12. The van der Waals surface area contributed by atoms with Crippen LogP contribution in [0.1, 0.15) is 36.8 Å². The van der Waals surface area contributed by atoms with Crippen molar-refractivity contribution in [3.8, 4) is 5.75 Å². The third-order valence-corrected chi connectivity index (χ3v) is 5.78. The van der Waals surface area contributed by atoms with E-state index in [2.05, 4.69) is 11.1 Å². The van der Waals surface area contributed by atoms with Gasteiger partial charge in [0.25, 0.3) is 0 Å². The fourth-order valence-corrected chi connectivity index (χ4v) is 4.33. The Kier molecular flexibility index (Phi) is 5.81. The van der Waals surface area contributed by atoms with Crippen molar-refractivity contribution in [1.82, 2.24) is 0 Å². The molecular formula is C20H24N2OS. The molecular weight excluding hydrogens is 316 g/mol. The van der Waals surface area contributed by atoms with Crippen molar-refractivity contribution in [2.45, 2.75) is 36.7 Å². The average Bonchev–Trinajstić information content (AvgIpc) is 3.14. The number of nitrogens with zero attached hydrogens (tertiary/aromatic N) is 1. The van der Waals surface area contributed by atoms with Crippen LogP contribution in [0.3, 0.4) is 0 Å². The summed E-state index contributed by atoms with van der Waals surface area (Å²) in [5, 5.41) is 0.788. The van der Waals surface area contributed by atoms with Gasteiger partial charge >= 0.3 is 0 Å². The third kappa shape index (κ3) is 4.32. The lowest BCUT2D eigenvalue weighted by molar-refractivity contribution is 0.411. The van der Waals surface area contributed by atoms with Crippen LogP contribution in [0.15, 0.2) is 53.5 Å². The average molecular weight is 340 g/mol. The van der Waals surface area contributed by atoms with Gasteiger partial charge in [0.1, 0.15) is 11.6 Å². The van der Waals surface area contributed by atoms with Crippen LogP contribution in [0.25, 0.3) is 0 Å².